The van der Waals surface area contributed by atoms with E-state index in [1.54, 1.807) is 0 Å². The number of benzene rings is 17. The Morgan fingerprint density at radius 3 is 1.14 bits per heavy atom. The third kappa shape index (κ3) is 11.1. The van der Waals surface area contributed by atoms with E-state index >= 15 is 0 Å². The fourth-order valence-electron chi connectivity index (χ4n) is 15.1. The summed E-state index contributed by atoms with van der Waals surface area (Å²) in [6, 6.07) is 125. The number of rotatable bonds is 12. The summed E-state index contributed by atoms with van der Waals surface area (Å²) in [5.74, 6) is 0.930. The minimum atomic E-state index is -1.43. The predicted octanol–water partition coefficient (Wildman–Crippen LogP) is 25.3. The maximum atomic E-state index is 5.25. The maximum Gasteiger partial charge on any atom is 0.145 e. The molecular weight excluding hydrogens is 1230 g/mol. The van der Waals surface area contributed by atoms with Crippen LogP contribution in [0.1, 0.15) is 0 Å². The van der Waals surface area contributed by atoms with Gasteiger partial charge in [0.2, 0.25) is 0 Å². The number of hydrogen-bond donors (Lipinski definition) is 0. The summed E-state index contributed by atoms with van der Waals surface area (Å²) in [5.41, 5.74) is 16.2. The molecular formula is C93H74N4Si2. The SMILES string of the molecule is C[Si](C)(C)c1ccc(N(c2ccccc2)c2ccc3ccc4c(N(c5ccccc5)c5ccc([Si](C)(C)C)cc5)ccc5ccc2c3c54)cc1.c1ccc(-n2c(-c3ccc4c(-c5ccc6ccccc6c5)c5ccccc5c(-c5ccc6ccccc6c5)c4c3)nc3ccccc32)cc1. The van der Waals surface area contributed by atoms with Crippen molar-refractivity contribution in [1.82, 2.24) is 9.55 Å². The van der Waals surface area contributed by atoms with Crippen LogP contribution in [0.3, 0.4) is 0 Å². The highest BCUT2D eigenvalue weighted by molar-refractivity contribution is 6.89. The molecule has 6 heteroatoms. The Balaban J connectivity index is 0.000000148. The summed E-state index contributed by atoms with van der Waals surface area (Å²) in [5, 5.41) is 20.4. The van der Waals surface area contributed by atoms with Gasteiger partial charge < -0.3 is 9.80 Å². The first-order chi connectivity index (χ1) is 48.4. The highest BCUT2D eigenvalue weighted by Crippen LogP contribution is 2.49. The molecule has 0 bridgehead atoms. The number of anilines is 6. The molecule has 0 aliphatic heterocycles. The van der Waals surface area contributed by atoms with Gasteiger partial charge in [0.15, 0.2) is 0 Å². The summed E-state index contributed by atoms with van der Waals surface area (Å²) < 4.78 is 2.29. The molecule has 4 nitrogen and oxygen atoms in total. The van der Waals surface area contributed by atoms with Crippen LogP contribution < -0.4 is 20.2 Å². The lowest BCUT2D eigenvalue weighted by Gasteiger charge is -2.30. The molecule has 0 unspecified atom stereocenters. The van der Waals surface area contributed by atoms with Gasteiger partial charge in [-0.3, -0.25) is 4.57 Å². The lowest BCUT2D eigenvalue weighted by Crippen LogP contribution is -2.37. The molecule has 0 amide bonds. The van der Waals surface area contributed by atoms with Gasteiger partial charge in [0.25, 0.3) is 0 Å². The first kappa shape index (κ1) is 61.0. The van der Waals surface area contributed by atoms with Crippen molar-refractivity contribution in [3.63, 3.8) is 0 Å². The molecule has 18 rings (SSSR count). The molecule has 0 atom stereocenters. The van der Waals surface area contributed by atoms with E-state index in [-0.39, 0.29) is 0 Å². The van der Waals surface area contributed by atoms with Crippen molar-refractivity contribution < 1.29 is 0 Å². The molecule has 0 N–H and O–H groups in total. The summed E-state index contributed by atoms with van der Waals surface area (Å²) in [6.07, 6.45) is 0. The van der Waals surface area contributed by atoms with Gasteiger partial charge in [0, 0.05) is 44.8 Å². The van der Waals surface area contributed by atoms with E-state index in [0.717, 1.165) is 39.5 Å². The summed E-state index contributed by atoms with van der Waals surface area (Å²) in [7, 11) is -2.87. The average Bonchev–Trinajstić information content (AvgIpc) is 1.70. The molecule has 474 valence electrons. The Kier molecular flexibility index (Phi) is 15.2. The third-order valence-corrected chi connectivity index (χ3v) is 24.2. The monoisotopic (exact) mass is 1300 g/mol. The van der Waals surface area contributed by atoms with Gasteiger partial charge in [-0.25, -0.2) is 4.98 Å². The van der Waals surface area contributed by atoms with Crippen LogP contribution in [-0.2, 0) is 0 Å². The second-order valence-electron chi connectivity index (χ2n) is 28.3. The molecule has 0 spiro atoms. The molecule has 0 saturated heterocycles. The van der Waals surface area contributed by atoms with Crippen molar-refractivity contribution in [3.05, 3.63) is 340 Å². The lowest BCUT2D eigenvalue weighted by molar-refractivity contribution is 1.10. The molecule has 18 aromatic rings. The minimum absolute atomic E-state index is 0.930. The van der Waals surface area contributed by atoms with Crippen LogP contribution in [0.5, 0.6) is 0 Å². The summed E-state index contributed by atoms with van der Waals surface area (Å²) in [6.45, 7) is 14.5. The second-order valence-corrected chi connectivity index (χ2v) is 38.5. The van der Waals surface area contributed by atoms with Crippen molar-refractivity contribution in [2.75, 3.05) is 9.80 Å². The molecule has 0 radical (unpaired) electrons. The molecule has 17 aromatic carbocycles. The minimum Gasteiger partial charge on any atom is -0.310 e. The largest absolute Gasteiger partial charge is 0.310 e. The van der Waals surface area contributed by atoms with Crippen LogP contribution in [0.4, 0.5) is 34.1 Å². The number of nitrogens with zero attached hydrogens (tertiary/aromatic N) is 4. The molecule has 99 heavy (non-hydrogen) atoms. The van der Waals surface area contributed by atoms with Crippen molar-refractivity contribution in [2.45, 2.75) is 39.3 Å². The Bertz CT molecular complexity index is 5880. The van der Waals surface area contributed by atoms with Gasteiger partial charge in [-0.15, -0.1) is 0 Å². The van der Waals surface area contributed by atoms with Crippen molar-refractivity contribution in [3.8, 4) is 39.3 Å². The predicted molar refractivity (Wildman–Crippen MR) is 433 cm³/mol. The van der Waals surface area contributed by atoms with Gasteiger partial charge in [-0.05, 0) is 190 Å². The van der Waals surface area contributed by atoms with Crippen LogP contribution in [0.25, 0.3) is 126 Å². The van der Waals surface area contributed by atoms with Crippen LogP contribution >= 0.6 is 0 Å². The fraction of sp³-hybridized carbons (Fsp3) is 0.0645. The highest BCUT2D eigenvalue weighted by Gasteiger charge is 2.26. The van der Waals surface area contributed by atoms with Gasteiger partial charge in [-0.2, -0.15) is 0 Å². The quantitative estimate of drug-likeness (QED) is 0.0692. The highest BCUT2D eigenvalue weighted by atomic mass is 28.3. The van der Waals surface area contributed by atoms with Crippen LogP contribution in [0, 0.1) is 0 Å². The number of fused-ring (bicyclic) bond motifs is 5. The Morgan fingerprint density at radius 1 is 0.273 bits per heavy atom. The van der Waals surface area contributed by atoms with E-state index in [4.69, 9.17) is 4.98 Å². The molecule has 0 fully saturated rings. The lowest BCUT2D eigenvalue weighted by atomic mass is 9.84. The zero-order valence-electron chi connectivity index (χ0n) is 56.6. The number of imidazole rings is 1. The van der Waals surface area contributed by atoms with Gasteiger partial charge in [-0.1, -0.05) is 286 Å². The Labute approximate surface area is 580 Å². The first-order valence-corrected chi connectivity index (χ1v) is 41.5. The van der Waals surface area contributed by atoms with Crippen molar-refractivity contribution in [2.24, 2.45) is 0 Å². The maximum absolute atomic E-state index is 5.25. The van der Waals surface area contributed by atoms with E-state index in [1.165, 1.54) is 131 Å². The van der Waals surface area contributed by atoms with E-state index < -0.39 is 16.1 Å². The Hall–Kier alpha value is -11.7. The molecule has 0 aliphatic rings. The second kappa shape index (κ2) is 24.8. The fourth-order valence-corrected chi connectivity index (χ4v) is 17.4. The van der Waals surface area contributed by atoms with Crippen LogP contribution in [0.15, 0.2) is 340 Å². The van der Waals surface area contributed by atoms with E-state index in [9.17, 15) is 0 Å². The van der Waals surface area contributed by atoms with Crippen molar-refractivity contribution in [1.29, 1.82) is 0 Å². The summed E-state index contributed by atoms with van der Waals surface area (Å²) in [4.78, 5) is 10.1. The zero-order valence-corrected chi connectivity index (χ0v) is 58.6. The Morgan fingerprint density at radius 2 is 0.646 bits per heavy atom. The topological polar surface area (TPSA) is 24.3 Å². The van der Waals surface area contributed by atoms with Gasteiger partial charge >= 0.3 is 0 Å². The standard InChI is InChI=1S/C47H30N2.C46H44N2Si2/c1-2-16-38(17-3-1)49-44-21-11-10-20-43(44)48-47(49)37-26-27-41-42(30-37)46(36-25-23-32-13-5-7-15-34(32)29-36)40-19-9-8-18-39(40)45(41)35-24-22-31-12-4-6-14-33(31)28-35;1-49(2,3)39-25-21-37(22-26-39)47(35-13-9-7-10-14-35)43-31-19-33-18-30-42-44(32-20-34-17-29-41(43)45(33)46(34)42)48(36-15-11-8-12-16-36)38-23-27-40(28-24-38)50(4,5)6/h1-30H;7-32H,1-6H3. The molecule has 1 aromatic heterocycles. The third-order valence-electron chi connectivity index (χ3n) is 20.0. The average molecular weight is 1300 g/mol. The van der Waals surface area contributed by atoms with E-state index in [1.807, 2.05) is 0 Å². The zero-order chi connectivity index (χ0) is 66.9. The number of aromatic nitrogens is 2. The molecule has 1 heterocycles. The number of para-hydroxylation sites is 5. The van der Waals surface area contributed by atoms with Gasteiger partial charge in [0.05, 0.1) is 38.6 Å². The first-order valence-electron chi connectivity index (χ1n) is 34.5. The number of hydrogen-bond acceptors (Lipinski definition) is 3. The van der Waals surface area contributed by atoms with Gasteiger partial charge in [0.1, 0.15) is 5.82 Å². The van der Waals surface area contributed by atoms with Crippen molar-refractivity contribution >= 4 is 147 Å². The van der Waals surface area contributed by atoms with E-state index in [0.29, 0.717) is 0 Å². The normalized spacial score (nSPS) is 11.9. The summed E-state index contributed by atoms with van der Waals surface area (Å²) >= 11 is 0. The molecule has 0 aliphatic carbocycles. The van der Waals surface area contributed by atoms with E-state index in [2.05, 4.69) is 393 Å². The van der Waals surface area contributed by atoms with Crippen LogP contribution in [-0.4, -0.2) is 25.7 Å². The van der Waals surface area contributed by atoms with Crippen LogP contribution in [0.2, 0.25) is 39.3 Å². The molecule has 0 saturated carbocycles. The smallest absolute Gasteiger partial charge is 0.145 e.